The fourth-order valence-electron chi connectivity index (χ4n) is 1.43. The van der Waals surface area contributed by atoms with Crippen molar-refractivity contribution >= 4 is 39.7 Å². The summed E-state index contributed by atoms with van der Waals surface area (Å²) in [4.78, 5) is 11.8. The third-order valence-corrected chi connectivity index (χ3v) is 3.34. The second-order valence-corrected chi connectivity index (χ2v) is 5.21. The van der Waals surface area contributed by atoms with Crippen LogP contribution in [0.5, 0.6) is 5.75 Å². The van der Waals surface area contributed by atoms with Crippen molar-refractivity contribution in [2.45, 2.75) is 0 Å². The number of nitrogens with zero attached hydrogens (tertiary/aromatic N) is 1. The molecule has 0 bridgehead atoms. The van der Waals surface area contributed by atoms with Crippen LogP contribution in [0, 0.1) is 0 Å². The van der Waals surface area contributed by atoms with E-state index in [1.165, 1.54) is 12.3 Å². The number of hydrogen-bond acceptors (Lipinski definition) is 3. The quantitative estimate of drug-likeness (QED) is 0.654. The Labute approximate surface area is 129 Å². The van der Waals surface area contributed by atoms with Crippen molar-refractivity contribution in [3.05, 3.63) is 63.1 Å². The van der Waals surface area contributed by atoms with Gasteiger partial charge in [-0.3, -0.25) is 4.79 Å². The topological polar surface area (TPSA) is 61.7 Å². The Morgan fingerprint density at radius 2 is 1.95 bits per heavy atom. The Morgan fingerprint density at radius 1 is 1.25 bits per heavy atom. The summed E-state index contributed by atoms with van der Waals surface area (Å²) in [5.41, 5.74) is 3.62. The second kappa shape index (κ2) is 6.54. The van der Waals surface area contributed by atoms with Gasteiger partial charge in [-0.05, 0) is 64.0 Å². The molecule has 2 rings (SSSR count). The zero-order chi connectivity index (χ0) is 14.5. The minimum absolute atomic E-state index is 0.146. The third-order valence-electron chi connectivity index (χ3n) is 2.46. The van der Waals surface area contributed by atoms with Gasteiger partial charge in [0.05, 0.1) is 10.7 Å². The molecule has 0 radical (unpaired) electrons. The normalized spacial score (nSPS) is 10.7. The first-order chi connectivity index (χ1) is 9.56. The van der Waals surface area contributed by atoms with Crippen LogP contribution in [0.4, 0.5) is 0 Å². The summed E-state index contributed by atoms with van der Waals surface area (Å²) in [5, 5.41) is 13.8. The minimum Gasteiger partial charge on any atom is -0.507 e. The fraction of sp³-hybridized carbons (Fsp3) is 0. The molecule has 6 heteroatoms. The number of halogens is 2. The molecule has 1 amide bonds. The van der Waals surface area contributed by atoms with E-state index in [4.69, 9.17) is 11.6 Å². The van der Waals surface area contributed by atoms with Crippen LogP contribution in [-0.2, 0) is 0 Å². The van der Waals surface area contributed by atoms with Gasteiger partial charge in [-0.2, -0.15) is 5.10 Å². The average molecular weight is 354 g/mol. The molecule has 102 valence electrons. The molecule has 0 aromatic heterocycles. The molecule has 4 nitrogen and oxygen atoms in total. The molecule has 0 aliphatic heterocycles. The summed E-state index contributed by atoms with van der Waals surface area (Å²) in [6, 6.07) is 11.4. The Hall–Kier alpha value is -1.85. The molecule has 0 heterocycles. The molecule has 0 aliphatic carbocycles. The summed E-state index contributed by atoms with van der Waals surface area (Å²) in [6.07, 6.45) is 1.48. The van der Waals surface area contributed by atoms with Crippen LogP contribution >= 0.6 is 27.5 Å². The van der Waals surface area contributed by atoms with E-state index in [-0.39, 0.29) is 11.7 Å². The molecule has 2 aromatic rings. The van der Waals surface area contributed by atoms with Crippen LogP contribution in [0.25, 0.3) is 0 Å². The van der Waals surface area contributed by atoms with Gasteiger partial charge in [-0.15, -0.1) is 0 Å². The highest BCUT2D eigenvalue weighted by atomic mass is 79.9. The Bertz CT molecular complexity index is 657. The van der Waals surface area contributed by atoms with Crippen molar-refractivity contribution < 1.29 is 9.90 Å². The van der Waals surface area contributed by atoms with Crippen LogP contribution in [-0.4, -0.2) is 17.2 Å². The van der Waals surface area contributed by atoms with E-state index >= 15 is 0 Å². The van der Waals surface area contributed by atoms with Crippen molar-refractivity contribution in [1.29, 1.82) is 0 Å². The largest absolute Gasteiger partial charge is 0.507 e. The van der Waals surface area contributed by atoms with Gasteiger partial charge in [0, 0.05) is 10.6 Å². The summed E-state index contributed by atoms with van der Waals surface area (Å²) >= 11 is 8.94. The number of aromatic hydroxyl groups is 1. The van der Waals surface area contributed by atoms with Gasteiger partial charge in [0.1, 0.15) is 5.75 Å². The number of hydrogen-bond donors (Lipinski definition) is 2. The van der Waals surface area contributed by atoms with Gasteiger partial charge < -0.3 is 5.11 Å². The van der Waals surface area contributed by atoms with Crippen LogP contribution in [0.3, 0.4) is 0 Å². The lowest BCUT2D eigenvalue weighted by Gasteiger charge is -2.00. The van der Waals surface area contributed by atoms with Crippen molar-refractivity contribution in [2.75, 3.05) is 0 Å². The smallest absolute Gasteiger partial charge is 0.271 e. The predicted molar refractivity (Wildman–Crippen MR) is 82.3 cm³/mol. The Kier molecular flexibility index (Phi) is 4.76. The molecule has 0 saturated heterocycles. The maximum absolute atomic E-state index is 11.8. The number of rotatable bonds is 3. The highest BCUT2D eigenvalue weighted by Gasteiger charge is 2.03. The SMILES string of the molecule is O=C(N/N=C/c1ccc(O)c(Br)c1)c1ccc(Cl)cc1. The van der Waals surface area contributed by atoms with E-state index in [0.717, 1.165) is 5.56 Å². The van der Waals surface area contributed by atoms with E-state index < -0.39 is 0 Å². The van der Waals surface area contributed by atoms with Gasteiger partial charge >= 0.3 is 0 Å². The van der Waals surface area contributed by atoms with Crippen molar-refractivity contribution in [3.63, 3.8) is 0 Å². The molecule has 20 heavy (non-hydrogen) atoms. The van der Waals surface area contributed by atoms with Gasteiger partial charge in [0.2, 0.25) is 0 Å². The van der Waals surface area contributed by atoms with E-state index in [1.54, 1.807) is 36.4 Å². The highest BCUT2D eigenvalue weighted by molar-refractivity contribution is 9.10. The predicted octanol–water partition coefficient (Wildman–Crippen LogP) is 3.57. The van der Waals surface area contributed by atoms with Gasteiger partial charge in [0.15, 0.2) is 0 Å². The van der Waals surface area contributed by atoms with E-state index in [2.05, 4.69) is 26.5 Å². The molecular formula is C14H10BrClN2O2. The summed E-state index contributed by atoms with van der Waals surface area (Å²) < 4.78 is 0.561. The first-order valence-corrected chi connectivity index (χ1v) is 6.81. The number of hydrazone groups is 1. The third kappa shape index (κ3) is 3.82. The molecule has 2 aromatic carbocycles. The summed E-state index contributed by atoms with van der Waals surface area (Å²) in [6.45, 7) is 0. The summed E-state index contributed by atoms with van der Waals surface area (Å²) in [7, 11) is 0. The first-order valence-electron chi connectivity index (χ1n) is 5.64. The lowest BCUT2D eigenvalue weighted by Crippen LogP contribution is -2.17. The van der Waals surface area contributed by atoms with Crippen LogP contribution in [0.15, 0.2) is 52.0 Å². The lowest BCUT2D eigenvalue weighted by atomic mass is 10.2. The zero-order valence-corrected chi connectivity index (χ0v) is 12.5. The molecule has 0 saturated carbocycles. The van der Waals surface area contributed by atoms with Crippen molar-refractivity contribution in [3.8, 4) is 5.75 Å². The average Bonchev–Trinajstić information content (AvgIpc) is 2.43. The molecule has 0 spiro atoms. The maximum Gasteiger partial charge on any atom is 0.271 e. The number of phenolic OH excluding ortho intramolecular Hbond substituents is 1. The monoisotopic (exact) mass is 352 g/mol. The van der Waals surface area contributed by atoms with Gasteiger partial charge in [0.25, 0.3) is 5.91 Å². The number of carbonyl (C=O) groups is 1. The summed E-state index contributed by atoms with van der Waals surface area (Å²) in [5.74, 6) is -0.178. The standard InChI is InChI=1S/C14H10BrClN2O2/c15-12-7-9(1-6-13(12)19)8-17-18-14(20)10-2-4-11(16)5-3-10/h1-8,19H,(H,18,20)/b17-8+. The van der Waals surface area contributed by atoms with Gasteiger partial charge in [-0.1, -0.05) is 11.6 Å². The number of carbonyl (C=O) groups excluding carboxylic acids is 1. The van der Waals surface area contributed by atoms with Gasteiger partial charge in [-0.25, -0.2) is 5.43 Å². The number of benzene rings is 2. The Balaban J connectivity index is 2.00. The molecular weight excluding hydrogens is 344 g/mol. The molecule has 2 N–H and O–H groups in total. The van der Waals surface area contributed by atoms with E-state index in [0.29, 0.717) is 15.1 Å². The zero-order valence-electron chi connectivity index (χ0n) is 10.2. The van der Waals surface area contributed by atoms with E-state index in [1.807, 2.05) is 0 Å². The first kappa shape index (κ1) is 14.6. The molecule has 0 atom stereocenters. The number of amides is 1. The molecule has 0 aliphatic rings. The minimum atomic E-state index is -0.323. The fourth-order valence-corrected chi connectivity index (χ4v) is 1.96. The van der Waals surface area contributed by atoms with Crippen LogP contribution in [0.2, 0.25) is 5.02 Å². The molecule has 0 unspecified atom stereocenters. The molecule has 0 fully saturated rings. The number of phenols is 1. The number of nitrogens with one attached hydrogen (secondary N) is 1. The van der Waals surface area contributed by atoms with Crippen molar-refractivity contribution in [1.82, 2.24) is 5.43 Å². The van der Waals surface area contributed by atoms with Crippen LogP contribution in [0.1, 0.15) is 15.9 Å². The second-order valence-electron chi connectivity index (χ2n) is 3.92. The Morgan fingerprint density at radius 3 is 2.60 bits per heavy atom. The van der Waals surface area contributed by atoms with E-state index in [9.17, 15) is 9.90 Å². The van der Waals surface area contributed by atoms with Crippen LogP contribution < -0.4 is 5.43 Å². The highest BCUT2D eigenvalue weighted by Crippen LogP contribution is 2.23. The van der Waals surface area contributed by atoms with Crippen molar-refractivity contribution in [2.24, 2.45) is 5.10 Å². The maximum atomic E-state index is 11.8. The lowest BCUT2D eigenvalue weighted by molar-refractivity contribution is 0.0955.